The Bertz CT molecular complexity index is 1080. The molecule has 126 valence electrons. The summed E-state index contributed by atoms with van der Waals surface area (Å²) in [5.74, 6) is 0.903. The van der Waals surface area contributed by atoms with Gasteiger partial charge in [0.2, 0.25) is 11.9 Å². The number of anilines is 1. The van der Waals surface area contributed by atoms with Gasteiger partial charge in [0, 0.05) is 23.3 Å². The normalized spacial score (nSPS) is 11.3. The Morgan fingerprint density at radius 3 is 2.76 bits per heavy atom. The Morgan fingerprint density at radius 1 is 1.20 bits per heavy atom. The Hall–Kier alpha value is -2.93. The molecule has 0 saturated heterocycles. The number of nitrogen functional groups attached to an aromatic ring is 1. The number of hydrogen-bond donors (Lipinski definition) is 1. The fraction of sp³-hybridized carbons (Fsp3) is 0.176. The Morgan fingerprint density at radius 2 is 2.04 bits per heavy atom. The van der Waals surface area contributed by atoms with Crippen molar-refractivity contribution in [2.24, 2.45) is 0 Å². The molecular weight excluding hydrogens is 338 g/mol. The van der Waals surface area contributed by atoms with Crippen molar-refractivity contribution in [1.29, 1.82) is 0 Å². The zero-order valence-electron chi connectivity index (χ0n) is 13.8. The van der Waals surface area contributed by atoms with Crippen LogP contribution in [0.4, 0.5) is 5.95 Å². The van der Waals surface area contributed by atoms with Gasteiger partial charge in [-0.05, 0) is 31.0 Å². The van der Waals surface area contributed by atoms with E-state index in [4.69, 9.17) is 17.3 Å². The Kier molecular flexibility index (Phi) is 3.65. The lowest BCUT2D eigenvalue weighted by Crippen LogP contribution is -2.10. The molecule has 0 atom stereocenters. The quantitative estimate of drug-likeness (QED) is 0.611. The molecule has 0 radical (unpaired) electrons. The first kappa shape index (κ1) is 15.6. The van der Waals surface area contributed by atoms with Crippen molar-refractivity contribution in [2.45, 2.75) is 20.4 Å². The number of nitrogens with zero attached hydrogens (tertiary/aromatic N) is 6. The second-order valence-corrected chi connectivity index (χ2v) is 6.06. The van der Waals surface area contributed by atoms with Gasteiger partial charge < -0.3 is 10.3 Å². The number of benzene rings is 1. The van der Waals surface area contributed by atoms with Crippen molar-refractivity contribution in [2.75, 3.05) is 5.73 Å². The van der Waals surface area contributed by atoms with E-state index in [0.717, 1.165) is 32.7 Å². The van der Waals surface area contributed by atoms with Crippen LogP contribution < -0.4 is 5.73 Å². The SMILES string of the molecule is CCn1c(-n2ncnc2N)nc2cncc(-c3cccc(Cl)c3C)c21. The van der Waals surface area contributed by atoms with Gasteiger partial charge in [-0.25, -0.2) is 4.98 Å². The van der Waals surface area contributed by atoms with Gasteiger partial charge in [-0.3, -0.25) is 4.98 Å². The molecule has 0 saturated carbocycles. The molecule has 25 heavy (non-hydrogen) atoms. The summed E-state index contributed by atoms with van der Waals surface area (Å²) in [6.07, 6.45) is 4.99. The summed E-state index contributed by atoms with van der Waals surface area (Å²) in [6, 6.07) is 5.85. The minimum absolute atomic E-state index is 0.290. The number of aryl methyl sites for hydroxylation is 1. The number of aromatic nitrogens is 6. The van der Waals surface area contributed by atoms with Crippen LogP contribution in [-0.2, 0) is 6.54 Å². The molecule has 0 unspecified atom stereocenters. The molecule has 8 heteroatoms. The van der Waals surface area contributed by atoms with Crippen molar-refractivity contribution >= 4 is 28.6 Å². The van der Waals surface area contributed by atoms with Gasteiger partial charge in [-0.2, -0.15) is 14.8 Å². The second kappa shape index (κ2) is 5.86. The van der Waals surface area contributed by atoms with Crippen LogP contribution >= 0.6 is 11.6 Å². The minimum atomic E-state index is 0.290. The summed E-state index contributed by atoms with van der Waals surface area (Å²) in [5, 5.41) is 4.90. The van der Waals surface area contributed by atoms with Crippen molar-refractivity contribution in [3.8, 4) is 17.1 Å². The molecule has 7 nitrogen and oxygen atoms in total. The maximum Gasteiger partial charge on any atom is 0.235 e. The third-order valence-corrected chi connectivity index (χ3v) is 4.68. The smallest absolute Gasteiger partial charge is 0.235 e. The van der Waals surface area contributed by atoms with Crippen LogP contribution in [-0.4, -0.2) is 29.3 Å². The van der Waals surface area contributed by atoms with Gasteiger partial charge in [0.05, 0.1) is 11.7 Å². The van der Waals surface area contributed by atoms with Crippen LogP contribution in [0.3, 0.4) is 0 Å². The topological polar surface area (TPSA) is 87.4 Å². The second-order valence-electron chi connectivity index (χ2n) is 5.65. The number of fused-ring (bicyclic) bond motifs is 1. The maximum atomic E-state index is 6.31. The van der Waals surface area contributed by atoms with E-state index in [9.17, 15) is 0 Å². The standard InChI is InChI=1S/C17H16ClN7/c1-3-24-15-12(11-5-4-6-13(18)10(11)2)7-20-8-14(15)23-17(24)25-16(19)21-9-22-25/h4-9H,3H2,1-2H3,(H2,19,21,22). The summed E-state index contributed by atoms with van der Waals surface area (Å²) < 4.78 is 3.58. The van der Waals surface area contributed by atoms with Crippen LogP contribution in [0.1, 0.15) is 12.5 Å². The molecule has 0 amide bonds. The maximum absolute atomic E-state index is 6.31. The predicted molar refractivity (Wildman–Crippen MR) is 97.7 cm³/mol. The largest absolute Gasteiger partial charge is 0.368 e. The van der Waals surface area contributed by atoms with Crippen LogP contribution in [0.2, 0.25) is 5.02 Å². The van der Waals surface area contributed by atoms with Gasteiger partial charge in [-0.1, -0.05) is 23.7 Å². The molecule has 0 aliphatic rings. The lowest BCUT2D eigenvalue weighted by atomic mass is 10.0. The van der Waals surface area contributed by atoms with Crippen LogP contribution in [0.25, 0.3) is 28.1 Å². The van der Waals surface area contributed by atoms with Crippen LogP contribution in [0.5, 0.6) is 0 Å². The molecule has 0 aliphatic carbocycles. The highest BCUT2D eigenvalue weighted by Gasteiger charge is 2.19. The molecule has 0 aliphatic heterocycles. The van der Waals surface area contributed by atoms with E-state index in [0.29, 0.717) is 18.4 Å². The molecule has 0 spiro atoms. The number of rotatable bonds is 3. The van der Waals surface area contributed by atoms with E-state index in [1.54, 1.807) is 6.20 Å². The van der Waals surface area contributed by atoms with Crippen molar-refractivity contribution < 1.29 is 0 Å². The first-order chi connectivity index (χ1) is 12.1. The summed E-state index contributed by atoms with van der Waals surface area (Å²) in [6.45, 7) is 4.74. The van der Waals surface area contributed by atoms with Crippen LogP contribution in [0.15, 0.2) is 36.9 Å². The molecule has 0 bridgehead atoms. The van der Waals surface area contributed by atoms with Gasteiger partial charge >= 0.3 is 0 Å². The summed E-state index contributed by atoms with van der Waals surface area (Å²) in [5.41, 5.74) is 10.6. The average Bonchev–Trinajstić information content (AvgIpc) is 3.19. The minimum Gasteiger partial charge on any atom is -0.368 e. The highest BCUT2D eigenvalue weighted by Crippen LogP contribution is 2.34. The van der Waals surface area contributed by atoms with Gasteiger partial charge in [0.15, 0.2) is 0 Å². The first-order valence-corrected chi connectivity index (χ1v) is 8.25. The van der Waals surface area contributed by atoms with Crippen molar-refractivity contribution in [3.63, 3.8) is 0 Å². The van der Waals surface area contributed by atoms with E-state index in [1.807, 2.05) is 38.2 Å². The number of imidazole rings is 1. The highest BCUT2D eigenvalue weighted by atomic mass is 35.5. The molecule has 3 aromatic heterocycles. The van der Waals surface area contributed by atoms with Gasteiger partial charge in [0.25, 0.3) is 0 Å². The number of halogens is 1. The Balaban J connectivity index is 2.06. The zero-order valence-corrected chi connectivity index (χ0v) is 14.6. The average molecular weight is 354 g/mol. The molecule has 3 heterocycles. The van der Waals surface area contributed by atoms with Crippen molar-refractivity contribution in [1.82, 2.24) is 29.3 Å². The predicted octanol–water partition coefficient (Wildman–Crippen LogP) is 3.24. The van der Waals surface area contributed by atoms with E-state index in [-0.39, 0.29) is 0 Å². The van der Waals surface area contributed by atoms with E-state index in [1.165, 1.54) is 11.0 Å². The van der Waals surface area contributed by atoms with Crippen molar-refractivity contribution in [3.05, 3.63) is 47.5 Å². The number of pyridine rings is 1. The molecule has 1 aromatic carbocycles. The van der Waals surface area contributed by atoms with E-state index < -0.39 is 0 Å². The zero-order chi connectivity index (χ0) is 17.6. The highest BCUT2D eigenvalue weighted by molar-refractivity contribution is 6.31. The molecule has 4 aromatic rings. The fourth-order valence-electron chi connectivity index (χ4n) is 3.04. The van der Waals surface area contributed by atoms with Gasteiger partial charge in [0.1, 0.15) is 11.8 Å². The van der Waals surface area contributed by atoms with Crippen LogP contribution in [0, 0.1) is 6.92 Å². The lowest BCUT2D eigenvalue weighted by molar-refractivity contribution is 0.706. The number of hydrogen-bond acceptors (Lipinski definition) is 5. The summed E-state index contributed by atoms with van der Waals surface area (Å²) in [7, 11) is 0. The lowest BCUT2D eigenvalue weighted by Gasteiger charge is -2.12. The summed E-state index contributed by atoms with van der Waals surface area (Å²) >= 11 is 6.31. The third kappa shape index (κ3) is 2.35. The molecule has 4 rings (SSSR count). The monoisotopic (exact) mass is 353 g/mol. The third-order valence-electron chi connectivity index (χ3n) is 4.27. The Labute approximate surface area is 149 Å². The fourth-order valence-corrected chi connectivity index (χ4v) is 3.21. The van der Waals surface area contributed by atoms with E-state index >= 15 is 0 Å². The van der Waals surface area contributed by atoms with Gasteiger partial charge in [-0.15, -0.1) is 0 Å². The van der Waals surface area contributed by atoms with E-state index in [2.05, 4.69) is 24.6 Å². The number of nitrogens with two attached hydrogens (primary N) is 1. The summed E-state index contributed by atoms with van der Waals surface area (Å²) in [4.78, 5) is 13.0. The molecule has 0 fully saturated rings. The first-order valence-electron chi connectivity index (χ1n) is 7.87. The molecule has 2 N–H and O–H groups in total. The molecular formula is C17H16ClN7.